The van der Waals surface area contributed by atoms with Gasteiger partial charge in [-0.3, -0.25) is 4.31 Å². The molecule has 5 heteroatoms. The van der Waals surface area contributed by atoms with E-state index in [1.165, 1.54) is 4.31 Å². The average molecular weight is 304 g/mol. The van der Waals surface area contributed by atoms with Crippen LogP contribution in [0.15, 0.2) is 47.4 Å². The van der Waals surface area contributed by atoms with Gasteiger partial charge in [0.15, 0.2) is 0 Å². The van der Waals surface area contributed by atoms with E-state index in [-0.39, 0.29) is 4.90 Å². The number of nitrogens with zero attached hydrogens (tertiary/aromatic N) is 1. The summed E-state index contributed by atoms with van der Waals surface area (Å²) in [5.74, 6) is 0. The van der Waals surface area contributed by atoms with Gasteiger partial charge in [-0.1, -0.05) is 17.7 Å². The maximum absolute atomic E-state index is 12.8. The highest BCUT2D eigenvalue weighted by molar-refractivity contribution is 7.92. The van der Waals surface area contributed by atoms with Crippen molar-refractivity contribution in [3.63, 3.8) is 0 Å². The van der Waals surface area contributed by atoms with Crippen LogP contribution in [0, 0.1) is 13.8 Å². The van der Waals surface area contributed by atoms with Gasteiger partial charge in [-0.15, -0.1) is 0 Å². The molecule has 0 aliphatic heterocycles. The number of nitrogens with two attached hydrogens (primary N) is 1. The molecule has 0 amide bonds. The van der Waals surface area contributed by atoms with E-state index in [4.69, 9.17) is 5.73 Å². The van der Waals surface area contributed by atoms with Gasteiger partial charge in [0, 0.05) is 12.2 Å². The predicted molar refractivity (Wildman–Crippen MR) is 87.0 cm³/mol. The second-order valence-corrected chi connectivity index (χ2v) is 6.89. The second kappa shape index (κ2) is 5.77. The molecule has 112 valence electrons. The van der Waals surface area contributed by atoms with Gasteiger partial charge in [0.1, 0.15) is 0 Å². The highest BCUT2D eigenvalue weighted by Crippen LogP contribution is 2.25. The van der Waals surface area contributed by atoms with Crippen molar-refractivity contribution in [3.05, 3.63) is 53.6 Å². The average Bonchev–Trinajstić information content (AvgIpc) is 2.44. The first kappa shape index (κ1) is 15.4. The molecule has 2 aromatic carbocycles. The number of benzene rings is 2. The van der Waals surface area contributed by atoms with E-state index in [1.807, 2.05) is 38.1 Å². The SMILES string of the molecule is CCN(c1ccc(C)cc1)S(=O)(=O)c1ccc(N)c(C)c1. The van der Waals surface area contributed by atoms with Crippen molar-refractivity contribution in [3.8, 4) is 0 Å². The van der Waals surface area contributed by atoms with E-state index in [0.29, 0.717) is 17.9 Å². The minimum absolute atomic E-state index is 0.261. The standard InChI is InChI=1S/C16H20N2O2S/c1-4-18(14-7-5-12(2)6-8-14)21(19,20)15-9-10-16(17)13(3)11-15/h5-11H,4,17H2,1-3H3. The summed E-state index contributed by atoms with van der Waals surface area (Å²) in [6, 6.07) is 12.2. The molecule has 2 aromatic rings. The third-order valence-electron chi connectivity index (χ3n) is 3.44. The Bertz CT molecular complexity index is 737. The van der Waals surface area contributed by atoms with Crippen LogP contribution in [0.4, 0.5) is 11.4 Å². The molecule has 0 heterocycles. The van der Waals surface area contributed by atoms with Crippen LogP contribution in [-0.4, -0.2) is 15.0 Å². The Kier molecular flexibility index (Phi) is 4.23. The fourth-order valence-electron chi connectivity index (χ4n) is 2.14. The fourth-order valence-corrected chi connectivity index (χ4v) is 3.70. The zero-order chi connectivity index (χ0) is 15.6. The zero-order valence-corrected chi connectivity index (χ0v) is 13.3. The van der Waals surface area contributed by atoms with Gasteiger partial charge in [0.2, 0.25) is 0 Å². The largest absolute Gasteiger partial charge is 0.399 e. The van der Waals surface area contributed by atoms with E-state index < -0.39 is 10.0 Å². The molecule has 0 unspecified atom stereocenters. The molecule has 0 radical (unpaired) electrons. The normalized spacial score (nSPS) is 11.4. The van der Waals surface area contributed by atoms with Gasteiger partial charge in [0.25, 0.3) is 10.0 Å². The van der Waals surface area contributed by atoms with Gasteiger partial charge < -0.3 is 5.73 Å². The fraction of sp³-hybridized carbons (Fsp3) is 0.250. The number of nitrogen functional groups attached to an aromatic ring is 1. The molecule has 4 nitrogen and oxygen atoms in total. The molecule has 0 aliphatic carbocycles. The summed E-state index contributed by atoms with van der Waals surface area (Å²) in [7, 11) is -3.58. The Balaban J connectivity index is 2.49. The van der Waals surface area contributed by atoms with Gasteiger partial charge in [-0.25, -0.2) is 8.42 Å². The molecule has 0 spiro atoms. The lowest BCUT2D eigenvalue weighted by Gasteiger charge is -2.23. The summed E-state index contributed by atoms with van der Waals surface area (Å²) in [5.41, 5.74) is 8.87. The highest BCUT2D eigenvalue weighted by atomic mass is 32.2. The van der Waals surface area contributed by atoms with Crippen molar-refractivity contribution in [1.29, 1.82) is 0 Å². The Morgan fingerprint density at radius 2 is 1.67 bits per heavy atom. The molecule has 0 saturated heterocycles. The molecule has 0 saturated carbocycles. The van der Waals surface area contributed by atoms with E-state index in [0.717, 1.165) is 11.1 Å². The maximum Gasteiger partial charge on any atom is 0.264 e. The van der Waals surface area contributed by atoms with Crippen LogP contribution in [0.3, 0.4) is 0 Å². The number of hydrogen-bond donors (Lipinski definition) is 1. The first-order valence-corrected chi connectivity index (χ1v) is 8.26. The van der Waals surface area contributed by atoms with Crippen molar-refractivity contribution in [1.82, 2.24) is 0 Å². The summed E-state index contributed by atoms with van der Waals surface area (Å²) in [4.78, 5) is 0.261. The zero-order valence-electron chi connectivity index (χ0n) is 12.5. The van der Waals surface area contributed by atoms with Crippen molar-refractivity contribution in [2.75, 3.05) is 16.6 Å². The molecule has 0 bridgehead atoms. The maximum atomic E-state index is 12.8. The van der Waals surface area contributed by atoms with Crippen LogP contribution in [0.2, 0.25) is 0 Å². The number of rotatable bonds is 4. The molecule has 2 N–H and O–H groups in total. The highest BCUT2D eigenvalue weighted by Gasteiger charge is 2.23. The molecule has 0 atom stereocenters. The summed E-state index contributed by atoms with van der Waals surface area (Å²) in [5, 5.41) is 0. The summed E-state index contributed by atoms with van der Waals surface area (Å²) >= 11 is 0. The van der Waals surface area contributed by atoms with Crippen LogP contribution < -0.4 is 10.0 Å². The molecular weight excluding hydrogens is 284 g/mol. The second-order valence-electron chi connectivity index (χ2n) is 5.02. The third-order valence-corrected chi connectivity index (χ3v) is 5.34. The van der Waals surface area contributed by atoms with Crippen molar-refractivity contribution >= 4 is 21.4 Å². The Morgan fingerprint density at radius 3 is 2.19 bits per heavy atom. The van der Waals surface area contributed by atoms with Crippen LogP contribution in [0.1, 0.15) is 18.1 Å². The lowest BCUT2D eigenvalue weighted by molar-refractivity contribution is 0.592. The molecule has 0 fully saturated rings. The van der Waals surface area contributed by atoms with Crippen LogP contribution in [0.5, 0.6) is 0 Å². The smallest absolute Gasteiger partial charge is 0.264 e. The summed E-state index contributed by atoms with van der Waals surface area (Å²) in [6.45, 7) is 5.96. The first-order valence-electron chi connectivity index (χ1n) is 6.82. The quantitative estimate of drug-likeness (QED) is 0.883. The van der Waals surface area contributed by atoms with Crippen LogP contribution in [0.25, 0.3) is 0 Å². The van der Waals surface area contributed by atoms with E-state index >= 15 is 0 Å². The number of sulfonamides is 1. The van der Waals surface area contributed by atoms with Crippen molar-refractivity contribution in [2.24, 2.45) is 0 Å². The summed E-state index contributed by atoms with van der Waals surface area (Å²) < 4.78 is 27.0. The lowest BCUT2D eigenvalue weighted by atomic mass is 10.2. The van der Waals surface area contributed by atoms with E-state index in [2.05, 4.69) is 0 Å². The van der Waals surface area contributed by atoms with Crippen LogP contribution in [-0.2, 0) is 10.0 Å². The molecule has 21 heavy (non-hydrogen) atoms. The Labute approximate surface area is 126 Å². The number of anilines is 2. The first-order chi connectivity index (χ1) is 9.86. The molecule has 0 aromatic heterocycles. The molecule has 0 aliphatic rings. The Morgan fingerprint density at radius 1 is 1.05 bits per heavy atom. The minimum atomic E-state index is -3.58. The van der Waals surface area contributed by atoms with Crippen molar-refractivity contribution < 1.29 is 8.42 Å². The molecule has 2 rings (SSSR count). The predicted octanol–water partition coefficient (Wildman–Crippen LogP) is 3.10. The minimum Gasteiger partial charge on any atom is -0.399 e. The van der Waals surface area contributed by atoms with E-state index in [1.54, 1.807) is 25.1 Å². The Hall–Kier alpha value is -2.01. The monoisotopic (exact) mass is 304 g/mol. The van der Waals surface area contributed by atoms with Gasteiger partial charge in [-0.05, 0) is 56.7 Å². The van der Waals surface area contributed by atoms with Gasteiger partial charge in [0.05, 0.1) is 10.6 Å². The number of aryl methyl sites for hydroxylation is 2. The van der Waals surface area contributed by atoms with Crippen LogP contribution >= 0.6 is 0 Å². The van der Waals surface area contributed by atoms with Gasteiger partial charge in [-0.2, -0.15) is 0 Å². The molecular formula is C16H20N2O2S. The number of hydrogen-bond acceptors (Lipinski definition) is 3. The van der Waals surface area contributed by atoms with Crippen molar-refractivity contribution in [2.45, 2.75) is 25.7 Å². The third kappa shape index (κ3) is 3.03. The van der Waals surface area contributed by atoms with E-state index in [9.17, 15) is 8.42 Å². The van der Waals surface area contributed by atoms with Gasteiger partial charge >= 0.3 is 0 Å². The topological polar surface area (TPSA) is 63.4 Å². The lowest BCUT2D eigenvalue weighted by Crippen LogP contribution is -2.30. The summed E-state index contributed by atoms with van der Waals surface area (Å²) in [6.07, 6.45) is 0.